The molecule has 0 spiro atoms. The van der Waals surface area contributed by atoms with Crippen LogP contribution < -0.4 is 5.73 Å². The first-order chi connectivity index (χ1) is 8.71. The molecule has 18 heavy (non-hydrogen) atoms. The van der Waals surface area contributed by atoms with Crippen LogP contribution in [0.25, 0.3) is 0 Å². The van der Waals surface area contributed by atoms with E-state index in [9.17, 15) is 4.79 Å². The number of hydrogen-bond donors (Lipinski definition) is 1. The minimum atomic E-state index is -0.735. The van der Waals surface area contributed by atoms with Gasteiger partial charge in [-0.1, -0.05) is 12.8 Å². The lowest BCUT2D eigenvalue weighted by molar-refractivity contribution is -0.138. The van der Waals surface area contributed by atoms with Crippen molar-refractivity contribution >= 4 is 5.91 Å². The van der Waals surface area contributed by atoms with E-state index in [2.05, 4.69) is 4.90 Å². The molecular formula is C14H24N2O2. The van der Waals surface area contributed by atoms with Gasteiger partial charge in [-0.2, -0.15) is 0 Å². The molecule has 0 bridgehead atoms. The van der Waals surface area contributed by atoms with E-state index in [0.29, 0.717) is 25.7 Å². The molecule has 2 unspecified atom stereocenters. The Bertz CT molecular complexity index is 320. The van der Waals surface area contributed by atoms with Crippen molar-refractivity contribution in [2.75, 3.05) is 19.8 Å². The fourth-order valence-corrected chi connectivity index (χ4v) is 3.91. The first kappa shape index (κ1) is 12.4. The summed E-state index contributed by atoms with van der Waals surface area (Å²) < 4.78 is 5.33. The number of carbonyl (C=O) groups is 1. The van der Waals surface area contributed by atoms with E-state index in [4.69, 9.17) is 10.5 Å². The summed E-state index contributed by atoms with van der Waals surface area (Å²) in [6, 6.07) is 0.459. The molecule has 1 aliphatic carbocycles. The van der Waals surface area contributed by atoms with Crippen LogP contribution >= 0.6 is 0 Å². The van der Waals surface area contributed by atoms with E-state index in [0.717, 1.165) is 18.9 Å². The maximum atomic E-state index is 12.7. The van der Waals surface area contributed by atoms with E-state index >= 15 is 0 Å². The predicted molar refractivity (Wildman–Crippen MR) is 69.0 cm³/mol. The SMILES string of the molecule is NC1(C(=O)N2CCCC2C2CCCC2)CCOC1. The molecule has 4 heteroatoms. The van der Waals surface area contributed by atoms with Crippen LogP contribution in [0.1, 0.15) is 44.9 Å². The van der Waals surface area contributed by atoms with Crippen LogP contribution in [-0.4, -0.2) is 42.1 Å². The minimum absolute atomic E-state index is 0.148. The third-order valence-corrected chi connectivity index (χ3v) is 4.98. The molecule has 2 heterocycles. The minimum Gasteiger partial charge on any atom is -0.379 e. The molecule has 0 aromatic rings. The third-order valence-electron chi connectivity index (χ3n) is 4.98. The number of rotatable bonds is 2. The standard InChI is InChI=1S/C14H24N2O2/c15-14(7-9-18-10-14)13(17)16-8-3-6-12(16)11-4-1-2-5-11/h11-12H,1-10,15H2. The summed E-state index contributed by atoms with van der Waals surface area (Å²) in [4.78, 5) is 14.7. The quantitative estimate of drug-likeness (QED) is 0.805. The van der Waals surface area contributed by atoms with Crippen molar-refractivity contribution < 1.29 is 9.53 Å². The molecule has 1 amide bonds. The van der Waals surface area contributed by atoms with E-state index in [1.165, 1.54) is 32.1 Å². The van der Waals surface area contributed by atoms with E-state index in [1.54, 1.807) is 0 Å². The van der Waals surface area contributed by atoms with Crippen molar-refractivity contribution in [2.45, 2.75) is 56.5 Å². The Hall–Kier alpha value is -0.610. The molecule has 2 N–H and O–H groups in total. The highest BCUT2D eigenvalue weighted by atomic mass is 16.5. The highest BCUT2D eigenvalue weighted by Crippen LogP contribution is 2.36. The second kappa shape index (κ2) is 4.82. The molecule has 0 radical (unpaired) electrons. The average molecular weight is 252 g/mol. The van der Waals surface area contributed by atoms with Gasteiger partial charge >= 0.3 is 0 Å². The van der Waals surface area contributed by atoms with E-state index < -0.39 is 5.54 Å². The molecule has 102 valence electrons. The number of nitrogens with zero attached hydrogens (tertiary/aromatic N) is 1. The zero-order valence-corrected chi connectivity index (χ0v) is 11.1. The fourth-order valence-electron chi connectivity index (χ4n) is 3.91. The van der Waals surface area contributed by atoms with Gasteiger partial charge in [-0.15, -0.1) is 0 Å². The summed E-state index contributed by atoms with van der Waals surface area (Å²) in [6.07, 6.45) is 8.25. The fraction of sp³-hybridized carbons (Fsp3) is 0.929. The van der Waals surface area contributed by atoms with Crippen LogP contribution in [0, 0.1) is 5.92 Å². The largest absolute Gasteiger partial charge is 0.379 e. The van der Waals surface area contributed by atoms with Gasteiger partial charge < -0.3 is 15.4 Å². The van der Waals surface area contributed by atoms with Gasteiger partial charge in [-0.25, -0.2) is 0 Å². The summed E-state index contributed by atoms with van der Waals surface area (Å²) in [7, 11) is 0. The van der Waals surface area contributed by atoms with Crippen molar-refractivity contribution in [3.8, 4) is 0 Å². The first-order valence-electron chi connectivity index (χ1n) is 7.38. The molecule has 1 saturated carbocycles. The number of likely N-dealkylation sites (tertiary alicyclic amines) is 1. The Morgan fingerprint density at radius 1 is 1.22 bits per heavy atom. The van der Waals surface area contributed by atoms with Gasteiger partial charge in [0.15, 0.2) is 0 Å². The molecule has 3 aliphatic rings. The molecule has 4 nitrogen and oxygen atoms in total. The highest BCUT2D eigenvalue weighted by molar-refractivity contribution is 5.87. The van der Waals surface area contributed by atoms with E-state index in [1.807, 2.05) is 0 Å². The van der Waals surface area contributed by atoms with Crippen LogP contribution in [0.3, 0.4) is 0 Å². The number of nitrogens with two attached hydrogens (primary N) is 1. The van der Waals surface area contributed by atoms with Crippen LogP contribution in [-0.2, 0) is 9.53 Å². The normalized spacial score (nSPS) is 37.6. The number of carbonyl (C=O) groups excluding carboxylic acids is 1. The van der Waals surface area contributed by atoms with Crippen molar-refractivity contribution in [3.05, 3.63) is 0 Å². The predicted octanol–water partition coefficient (Wildman–Crippen LogP) is 1.29. The maximum absolute atomic E-state index is 12.7. The summed E-state index contributed by atoms with van der Waals surface area (Å²) in [6.45, 7) is 1.93. The van der Waals surface area contributed by atoms with Crippen molar-refractivity contribution in [2.24, 2.45) is 11.7 Å². The highest BCUT2D eigenvalue weighted by Gasteiger charge is 2.45. The molecule has 2 aliphatic heterocycles. The van der Waals surface area contributed by atoms with Crippen molar-refractivity contribution in [1.82, 2.24) is 4.90 Å². The lowest BCUT2D eigenvalue weighted by Crippen LogP contribution is -2.57. The van der Waals surface area contributed by atoms with Gasteiger partial charge in [0.1, 0.15) is 5.54 Å². The zero-order chi connectivity index (χ0) is 12.6. The third kappa shape index (κ3) is 2.05. The Balaban J connectivity index is 1.71. The smallest absolute Gasteiger partial charge is 0.245 e. The monoisotopic (exact) mass is 252 g/mol. The second-order valence-corrected chi connectivity index (χ2v) is 6.21. The van der Waals surface area contributed by atoms with Crippen LogP contribution in [0.2, 0.25) is 0 Å². The second-order valence-electron chi connectivity index (χ2n) is 6.21. The molecule has 2 atom stereocenters. The number of amides is 1. The van der Waals surface area contributed by atoms with E-state index in [-0.39, 0.29) is 5.91 Å². The summed E-state index contributed by atoms with van der Waals surface area (Å²) in [5.41, 5.74) is 5.49. The van der Waals surface area contributed by atoms with Gasteiger partial charge in [-0.3, -0.25) is 4.79 Å². The Kier molecular flexibility index (Phi) is 3.32. The summed E-state index contributed by atoms with van der Waals surface area (Å²) in [5, 5.41) is 0. The topological polar surface area (TPSA) is 55.6 Å². The average Bonchev–Trinajstić information content (AvgIpc) is 3.09. The van der Waals surface area contributed by atoms with Crippen LogP contribution in [0.15, 0.2) is 0 Å². The lowest BCUT2D eigenvalue weighted by Gasteiger charge is -2.34. The molecule has 2 saturated heterocycles. The Morgan fingerprint density at radius 2 is 2.00 bits per heavy atom. The van der Waals surface area contributed by atoms with Gasteiger partial charge in [0.25, 0.3) is 0 Å². The van der Waals surface area contributed by atoms with Gasteiger partial charge in [0.05, 0.1) is 6.61 Å². The number of hydrogen-bond acceptors (Lipinski definition) is 3. The van der Waals surface area contributed by atoms with Crippen molar-refractivity contribution in [1.29, 1.82) is 0 Å². The Morgan fingerprint density at radius 3 is 2.67 bits per heavy atom. The Labute approximate surface area is 109 Å². The maximum Gasteiger partial charge on any atom is 0.245 e. The molecular weight excluding hydrogens is 228 g/mol. The van der Waals surface area contributed by atoms with Crippen LogP contribution in [0.5, 0.6) is 0 Å². The van der Waals surface area contributed by atoms with Gasteiger partial charge in [0.2, 0.25) is 5.91 Å². The molecule has 0 aromatic carbocycles. The lowest BCUT2D eigenvalue weighted by atomic mass is 9.93. The van der Waals surface area contributed by atoms with Gasteiger partial charge in [-0.05, 0) is 38.0 Å². The summed E-state index contributed by atoms with van der Waals surface area (Å²) >= 11 is 0. The number of ether oxygens (including phenoxy) is 1. The zero-order valence-electron chi connectivity index (χ0n) is 11.1. The summed E-state index contributed by atoms with van der Waals surface area (Å²) in [5.74, 6) is 0.872. The van der Waals surface area contributed by atoms with Gasteiger partial charge in [0, 0.05) is 19.2 Å². The van der Waals surface area contributed by atoms with Crippen LogP contribution in [0.4, 0.5) is 0 Å². The first-order valence-corrected chi connectivity index (χ1v) is 7.38. The molecule has 0 aromatic heterocycles. The molecule has 3 rings (SSSR count). The van der Waals surface area contributed by atoms with Crippen molar-refractivity contribution in [3.63, 3.8) is 0 Å². The molecule has 3 fully saturated rings.